The molecule has 0 aliphatic carbocycles. The van der Waals surface area contributed by atoms with Crippen LogP contribution in [-0.2, 0) is 16.4 Å². The molecule has 2 aromatic heterocycles. The van der Waals surface area contributed by atoms with Crippen LogP contribution in [0.4, 0.5) is 0 Å². The van der Waals surface area contributed by atoms with Gasteiger partial charge in [0.15, 0.2) is 0 Å². The summed E-state index contributed by atoms with van der Waals surface area (Å²) in [5.74, 6) is 0.840. The first-order valence-electron chi connectivity index (χ1n) is 12.9. The first kappa shape index (κ1) is 25.6. The van der Waals surface area contributed by atoms with Crippen molar-refractivity contribution in [3.05, 3.63) is 131 Å². The van der Waals surface area contributed by atoms with Crippen LogP contribution in [0.15, 0.2) is 114 Å². The van der Waals surface area contributed by atoms with Crippen LogP contribution in [-0.4, -0.2) is 35.4 Å². The smallest absolute Gasteiger partial charge is 0.243 e. The molecule has 0 saturated carbocycles. The fraction of sp³-hybridized carbons (Fsp3) is 0.156. The van der Waals surface area contributed by atoms with Crippen LogP contribution in [0.1, 0.15) is 16.8 Å². The van der Waals surface area contributed by atoms with Crippen LogP contribution in [0.5, 0.6) is 0 Å². The molecule has 0 amide bonds. The summed E-state index contributed by atoms with van der Waals surface area (Å²) < 4.78 is 31.2. The van der Waals surface area contributed by atoms with Gasteiger partial charge in [-0.2, -0.15) is 4.31 Å². The highest BCUT2D eigenvalue weighted by molar-refractivity contribution is 7.89. The highest BCUT2D eigenvalue weighted by atomic mass is 35.5. The van der Waals surface area contributed by atoms with Crippen molar-refractivity contribution < 1.29 is 8.42 Å². The first-order valence-corrected chi connectivity index (χ1v) is 14.7. The number of pyridine rings is 1. The fourth-order valence-electron chi connectivity index (χ4n) is 5.31. The third kappa shape index (κ3) is 5.15. The number of benzene rings is 3. The van der Waals surface area contributed by atoms with Gasteiger partial charge in [-0.25, -0.2) is 13.4 Å². The van der Waals surface area contributed by atoms with E-state index in [2.05, 4.69) is 33.8 Å². The van der Waals surface area contributed by atoms with E-state index < -0.39 is 10.0 Å². The Bertz CT molecular complexity index is 1760. The molecule has 1 saturated heterocycles. The normalized spacial score (nSPS) is 17.3. The fourth-order valence-corrected chi connectivity index (χ4v) is 6.91. The molecule has 39 heavy (non-hydrogen) atoms. The Kier molecular flexibility index (Phi) is 6.85. The van der Waals surface area contributed by atoms with E-state index in [1.54, 1.807) is 22.6 Å². The number of hydrogen-bond donors (Lipinski definition) is 0. The third-order valence-corrected chi connectivity index (χ3v) is 9.39. The van der Waals surface area contributed by atoms with Crippen molar-refractivity contribution in [2.75, 3.05) is 13.1 Å². The van der Waals surface area contributed by atoms with E-state index in [9.17, 15) is 8.42 Å². The van der Waals surface area contributed by atoms with Crippen LogP contribution in [0.2, 0.25) is 5.02 Å². The Hall–Kier alpha value is -3.71. The van der Waals surface area contributed by atoms with Crippen molar-refractivity contribution in [3.8, 4) is 5.82 Å². The zero-order valence-corrected chi connectivity index (χ0v) is 23.1. The van der Waals surface area contributed by atoms with E-state index >= 15 is 0 Å². The average Bonchev–Trinajstić information content (AvgIpc) is 3.52. The molecule has 0 radical (unpaired) electrons. The number of nitrogens with zero attached hydrogens (tertiary/aromatic N) is 3. The van der Waals surface area contributed by atoms with E-state index in [0.29, 0.717) is 29.4 Å². The maximum Gasteiger partial charge on any atom is 0.243 e. The molecule has 0 N–H and O–H groups in total. The topological polar surface area (TPSA) is 55.2 Å². The van der Waals surface area contributed by atoms with Crippen LogP contribution in [0.3, 0.4) is 0 Å². The molecular weight excluding hydrogens is 526 g/mol. The van der Waals surface area contributed by atoms with Crippen molar-refractivity contribution in [1.29, 1.82) is 0 Å². The predicted molar refractivity (Wildman–Crippen MR) is 158 cm³/mol. The molecule has 0 spiro atoms. The minimum atomic E-state index is -3.65. The Balaban J connectivity index is 1.41. The maximum absolute atomic E-state index is 13.7. The number of hydrogen-bond acceptors (Lipinski definition) is 3. The van der Waals surface area contributed by atoms with Crippen molar-refractivity contribution in [1.82, 2.24) is 13.9 Å². The highest BCUT2D eigenvalue weighted by Gasteiger charge is 2.36. The van der Waals surface area contributed by atoms with Crippen molar-refractivity contribution in [2.45, 2.75) is 18.2 Å². The number of para-hydroxylation sites is 1. The molecule has 5 nitrogen and oxygen atoms in total. The van der Waals surface area contributed by atoms with Crippen LogP contribution >= 0.6 is 11.6 Å². The van der Waals surface area contributed by atoms with Gasteiger partial charge in [-0.15, -0.1) is 0 Å². The molecule has 6 rings (SSSR count). The van der Waals surface area contributed by atoms with Crippen molar-refractivity contribution in [3.63, 3.8) is 0 Å². The van der Waals surface area contributed by atoms with Gasteiger partial charge in [-0.05, 0) is 73.0 Å². The molecule has 5 aromatic rings. The Morgan fingerprint density at radius 3 is 2.44 bits per heavy atom. The zero-order valence-electron chi connectivity index (χ0n) is 21.5. The second-order valence-corrected chi connectivity index (χ2v) is 12.4. The number of aromatic nitrogens is 2. The summed E-state index contributed by atoms with van der Waals surface area (Å²) in [6.45, 7) is 2.70. The number of rotatable bonds is 6. The summed E-state index contributed by atoms with van der Waals surface area (Å²) in [5, 5.41) is 1.80. The lowest BCUT2D eigenvalue weighted by atomic mass is 9.95. The second-order valence-electron chi connectivity index (χ2n) is 10.0. The summed E-state index contributed by atoms with van der Waals surface area (Å²) in [4.78, 5) is 4.95. The van der Waals surface area contributed by atoms with Gasteiger partial charge in [-0.1, -0.05) is 71.8 Å². The van der Waals surface area contributed by atoms with Gasteiger partial charge in [0.2, 0.25) is 10.0 Å². The molecule has 3 aromatic carbocycles. The molecular formula is C32H28ClN3O2S. The third-order valence-electron chi connectivity index (χ3n) is 7.31. The molecule has 196 valence electrons. The van der Waals surface area contributed by atoms with Crippen molar-refractivity contribution in [2.24, 2.45) is 5.92 Å². The summed E-state index contributed by atoms with van der Waals surface area (Å²) in [6.07, 6.45) is 4.58. The van der Waals surface area contributed by atoms with Crippen LogP contribution in [0, 0.1) is 12.8 Å². The number of sulfonamides is 1. The van der Waals surface area contributed by atoms with E-state index in [4.69, 9.17) is 11.6 Å². The lowest BCUT2D eigenvalue weighted by Gasteiger charge is -2.17. The number of fused-ring (bicyclic) bond motifs is 1. The Labute approximate surface area is 234 Å². The van der Waals surface area contributed by atoms with Crippen LogP contribution in [0.25, 0.3) is 22.8 Å². The van der Waals surface area contributed by atoms with E-state index in [1.807, 2.05) is 73.7 Å². The minimum absolute atomic E-state index is 0.00678. The van der Waals surface area contributed by atoms with Crippen molar-refractivity contribution >= 4 is 38.6 Å². The average molecular weight is 554 g/mol. The molecule has 1 atom stereocenters. The molecule has 1 aliphatic heterocycles. The zero-order chi connectivity index (χ0) is 27.0. The lowest BCUT2D eigenvalue weighted by molar-refractivity contribution is 0.455. The Morgan fingerprint density at radius 2 is 1.69 bits per heavy atom. The van der Waals surface area contributed by atoms with Gasteiger partial charge < -0.3 is 0 Å². The lowest BCUT2D eigenvalue weighted by Crippen LogP contribution is -2.29. The van der Waals surface area contributed by atoms with Gasteiger partial charge in [-0.3, -0.25) is 4.57 Å². The van der Waals surface area contributed by atoms with E-state index in [1.165, 1.54) is 0 Å². The predicted octanol–water partition coefficient (Wildman–Crippen LogP) is 6.93. The van der Waals surface area contributed by atoms with E-state index in [0.717, 1.165) is 39.1 Å². The standard InChI is InChI=1S/C32H28ClN3O2S/c1-23-9-15-30(16-10-23)39(37,38)35-21-26(18-24-11-13-28(33)14-12-24)27(22-35)20-29-19-25-6-2-3-7-31(25)36(29)32-8-4-5-17-34-32/h2-19,27H,20-22H2,1H3/b26-18+/t27-/m0/s1. The largest absolute Gasteiger partial charge is 0.298 e. The summed E-state index contributed by atoms with van der Waals surface area (Å²) in [5.41, 5.74) is 5.28. The second kappa shape index (κ2) is 10.5. The van der Waals surface area contributed by atoms with E-state index in [-0.39, 0.29) is 5.92 Å². The molecule has 3 heterocycles. The number of halogens is 1. The minimum Gasteiger partial charge on any atom is -0.298 e. The SMILES string of the molecule is Cc1ccc(S(=O)(=O)N2C/C(=C\c3ccc(Cl)cc3)[C@@H](Cc3cc4ccccc4n3-c3ccccn3)C2)cc1. The quantitative estimate of drug-likeness (QED) is 0.229. The number of aryl methyl sites for hydroxylation is 1. The summed E-state index contributed by atoms with van der Waals surface area (Å²) in [6, 6.07) is 31.1. The van der Waals surface area contributed by atoms with Gasteiger partial charge in [0.05, 0.1) is 10.4 Å². The molecule has 0 unspecified atom stereocenters. The highest BCUT2D eigenvalue weighted by Crippen LogP contribution is 2.34. The molecule has 0 bridgehead atoms. The molecule has 7 heteroatoms. The Morgan fingerprint density at radius 1 is 0.949 bits per heavy atom. The van der Waals surface area contributed by atoms with Gasteiger partial charge >= 0.3 is 0 Å². The maximum atomic E-state index is 13.7. The first-order chi connectivity index (χ1) is 18.9. The monoisotopic (exact) mass is 553 g/mol. The van der Waals surface area contributed by atoms with Crippen LogP contribution < -0.4 is 0 Å². The molecule has 1 fully saturated rings. The van der Waals surface area contributed by atoms with Gasteiger partial charge in [0.1, 0.15) is 5.82 Å². The van der Waals surface area contributed by atoms with Gasteiger partial charge in [0.25, 0.3) is 0 Å². The summed E-state index contributed by atoms with van der Waals surface area (Å²) in [7, 11) is -3.65. The van der Waals surface area contributed by atoms with Gasteiger partial charge in [0, 0.05) is 41.3 Å². The summed E-state index contributed by atoms with van der Waals surface area (Å²) >= 11 is 6.12. The molecule has 1 aliphatic rings.